The highest BCUT2D eigenvalue weighted by molar-refractivity contribution is 7.85. The second-order valence-corrected chi connectivity index (χ2v) is 6.86. The van der Waals surface area contributed by atoms with Gasteiger partial charge >= 0.3 is 0 Å². The highest BCUT2D eigenvalue weighted by Gasteiger charge is 2.25. The van der Waals surface area contributed by atoms with Crippen LogP contribution in [0, 0.1) is 0 Å². The Morgan fingerprint density at radius 2 is 2.05 bits per heavy atom. The van der Waals surface area contributed by atoms with E-state index in [1.807, 2.05) is 0 Å². The van der Waals surface area contributed by atoms with Crippen molar-refractivity contribution in [3.63, 3.8) is 0 Å². The summed E-state index contributed by atoms with van der Waals surface area (Å²) in [5.41, 5.74) is -1.00. The predicted molar refractivity (Wildman–Crippen MR) is 83.0 cm³/mol. The summed E-state index contributed by atoms with van der Waals surface area (Å²) in [6.07, 6.45) is 5.23. The topological polar surface area (TPSA) is 89.9 Å². The van der Waals surface area contributed by atoms with Crippen molar-refractivity contribution in [3.8, 4) is 0 Å². The summed E-state index contributed by atoms with van der Waals surface area (Å²) in [7, 11) is -2.01. The maximum atomic E-state index is 10.8. The summed E-state index contributed by atoms with van der Waals surface area (Å²) < 4.78 is 29.5. The van der Waals surface area contributed by atoms with Crippen LogP contribution in [-0.2, 0) is 14.9 Å². The smallest absolute Gasteiger partial charge is 0.267 e. The Morgan fingerprint density at radius 1 is 1.48 bits per heavy atom. The molecule has 0 saturated heterocycles. The number of carbonyl (C=O) groups is 1. The van der Waals surface area contributed by atoms with Crippen LogP contribution in [0.5, 0.6) is 0 Å². The molecule has 1 aliphatic rings. The minimum atomic E-state index is -4.08. The van der Waals surface area contributed by atoms with E-state index >= 15 is 0 Å². The Hall–Kier alpha value is -1.54. The summed E-state index contributed by atoms with van der Waals surface area (Å²) in [5.74, 6) is -1.01. The first-order valence-electron chi connectivity index (χ1n) is 6.51. The van der Waals surface area contributed by atoms with E-state index in [2.05, 4.69) is 48.1 Å². The van der Waals surface area contributed by atoms with E-state index in [1.54, 1.807) is 0 Å². The Kier molecular flexibility index (Phi) is 7.45. The summed E-state index contributed by atoms with van der Waals surface area (Å²) in [4.78, 5) is 15.2. The summed E-state index contributed by atoms with van der Waals surface area (Å²) in [5, 5.41) is 2.37. The highest BCUT2D eigenvalue weighted by atomic mass is 32.2. The molecule has 21 heavy (non-hydrogen) atoms. The van der Waals surface area contributed by atoms with Crippen molar-refractivity contribution in [2.24, 2.45) is 0 Å². The molecule has 0 aromatic rings. The molecular formula is C13H25N3O4S. The van der Waals surface area contributed by atoms with Gasteiger partial charge in [0.05, 0.1) is 18.0 Å². The molecule has 0 saturated carbocycles. The van der Waals surface area contributed by atoms with Crippen molar-refractivity contribution in [1.82, 2.24) is 15.1 Å². The van der Waals surface area contributed by atoms with Crippen LogP contribution in [0.15, 0.2) is 25.1 Å². The molecule has 0 radical (unpaired) electrons. The third-order valence-electron chi connectivity index (χ3n) is 2.53. The van der Waals surface area contributed by atoms with Gasteiger partial charge in [0.25, 0.3) is 10.1 Å². The molecule has 2 N–H and O–H groups in total. The molecule has 0 aliphatic carbocycles. The lowest BCUT2D eigenvalue weighted by atomic mass is 10.1. The first-order valence-corrected chi connectivity index (χ1v) is 8.12. The number of nitrogens with one attached hydrogen (secondary N) is 1. The Balaban J connectivity index is 0.000000423. The molecule has 0 atom stereocenters. The van der Waals surface area contributed by atoms with Gasteiger partial charge in [-0.15, -0.1) is 0 Å². The normalized spacial score (nSPS) is 14.5. The average Bonchev–Trinajstić information content (AvgIpc) is 2.72. The molecule has 1 amide bonds. The SMILES string of the molecule is C=CC(=O)NC(C)(C)CS(=O)(=O)O.CCN1C=CN(C)C1. The quantitative estimate of drug-likeness (QED) is 0.571. The van der Waals surface area contributed by atoms with E-state index in [0.717, 1.165) is 19.3 Å². The van der Waals surface area contributed by atoms with E-state index in [0.29, 0.717) is 0 Å². The van der Waals surface area contributed by atoms with Crippen molar-refractivity contribution in [2.75, 3.05) is 26.0 Å². The second kappa shape index (κ2) is 8.04. The number of nitrogens with zero attached hydrogens (tertiary/aromatic N) is 2. The van der Waals surface area contributed by atoms with Gasteiger partial charge in [-0.25, -0.2) is 0 Å². The first-order chi connectivity index (χ1) is 9.49. The highest BCUT2D eigenvalue weighted by Crippen LogP contribution is 2.05. The predicted octanol–water partition coefficient (Wildman–Crippen LogP) is 0.637. The van der Waals surface area contributed by atoms with Crippen LogP contribution in [0.4, 0.5) is 0 Å². The van der Waals surface area contributed by atoms with E-state index in [9.17, 15) is 13.2 Å². The van der Waals surface area contributed by atoms with Crippen LogP contribution in [0.3, 0.4) is 0 Å². The van der Waals surface area contributed by atoms with Crippen LogP contribution < -0.4 is 5.32 Å². The van der Waals surface area contributed by atoms with Gasteiger partial charge in [0.1, 0.15) is 0 Å². The van der Waals surface area contributed by atoms with E-state index in [-0.39, 0.29) is 0 Å². The fraction of sp³-hybridized carbons (Fsp3) is 0.615. The monoisotopic (exact) mass is 319 g/mol. The summed E-state index contributed by atoms with van der Waals surface area (Å²) in [6, 6.07) is 0. The minimum absolute atomic E-state index is 0.478. The Labute approximate surface area is 127 Å². The van der Waals surface area contributed by atoms with Crippen LogP contribution in [0.2, 0.25) is 0 Å². The third-order valence-corrected chi connectivity index (χ3v) is 3.62. The lowest BCUT2D eigenvalue weighted by molar-refractivity contribution is -0.117. The Morgan fingerprint density at radius 3 is 2.33 bits per heavy atom. The number of rotatable bonds is 5. The number of carbonyl (C=O) groups excluding carboxylic acids is 1. The molecule has 0 aromatic heterocycles. The number of hydrogen-bond acceptors (Lipinski definition) is 5. The molecule has 0 unspecified atom stereocenters. The van der Waals surface area contributed by atoms with Gasteiger partial charge in [0.15, 0.2) is 0 Å². The lowest BCUT2D eigenvalue weighted by Crippen LogP contribution is -2.47. The zero-order valence-corrected chi connectivity index (χ0v) is 13.9. The van der Waals surface area contributed by atoms with Crippen molar-refractivity contribution in [3.05, 3.63) is 25.1 Å². The fourth-order valence-electron chi connectivity index (χ4n) is 1.67. The standard InChI is InChI=1S/C7H13NO4S.C6H12N2/c1-4-6(9)8-7(2,3)5-13(10,11)12;1-3-8-5-4-7(2)6-8/h4H,1,5H2,2-3H3,(H,8,9)(H,10,11,12);4-5H,3,6H2,1-2H3. The second-order valence-electron chi connectivity index (χ2n) is 5.41. The summed E-state index contributed by atoms with van der Waals surface area (Å²) in [6.45, 7) is 10.5. The fourth-order valence-corrected chi connectivity index (χ4v) is 2.66. The molecule has 1 rings (SSSR count). The third kappa shape index (κ3) is 9.91. The molecule has 0 spiro atoms. The molecule has 122 valence electrons. The molecule has 1 heterocycles. The van der Waals surface area contributed by atoms with E-state index in [1.165, 1.54) is 13.8 Å². The van der Waals surface area contributed by atoms with Crippen LogP contribution in [0.25, 0.3) is 0 Å². The van der Waals surface area contributed by atoms with Gasteiger partial charge in [-0.2, -0.15) is 8.42 Å². The number of amides is 1. The van der Waals surface area contributed by atoms with Crippen LogP contribution >= 0.6 is 0 Å². The molecule has 7 nitrogen and oxygen atoms in total. The number of hydrogen-bond donors (Lipinski definition) is 2. The van der Waals surface area contributed by atoms with Crippen molar-refractivity contribution in [1.29, 1.82) is 0 Å². The summed E-state index contributed by atoms with van der Waals surface area (Å²) >= 11 is 0. The van der Waals surface area contributed by atoms with Crippen LogP contribution in [0.1, 0.15) is 20.8 Å². The van der Waals surface area contributed by atoms with Gasteiger partial charge in [-0.05, 0) is 26.8 Å². The molecule has 1 aliphatic heterocycles. The van der Waals surface area contributed by atoms with Gasteiger partial charge < -0.3 is 15.1 Å². The van der Waals surface area contributed by atoms with Gasteiger partial charge in [-0.1, -0.05) is 6.58 Å². The minimum Gasteiger partial charge on any atom is -0.362 e. The molecule has 0 bridgehead atoms. The molecule has 0 fully saturated rings. The van der Waals surface area contributed by atoms with Crippen LogP contribution in [-0.4, -0.2) is 60.2 Å². The van der Waals surface area contributed by atoms with Crippen molar-refractivity contribution in [2.45, 2.75) is 26.3 Å². The van der Waals surface area contributed by atoms with Crippen molar-refractivity contribution < 1.29 is 17.8 Å². The zero-order chi connectivity index (χ0) is 16.7. The van der Waals surface area contributed by atoms with Gasteiger partial charge in [0, 0.05) is 26.0 Å². The van der Waals surface area contributed by atoms with Gasteiger partial charge in [0.2, 0.25) is 5.91 Å². The Bertz CT molecular complexity index is 486. The first kappa shape index (κ1) is 19.5. The molecular weight excluding hydrogens is 294 g/mol. The lowest BCUT2D eigenvalue weighted by Gasteiger charge is -2.23. The van der Waals surface area contributed by atoms with E-state index in [4.69, 9.17) is 4.55 Å². The van der Waals surface area contributed by atoms with Crippen molar-refractivity contribution >= 4 is 16.0 Å². The van der Waals surface area contributed by atoms with Gasteiger partial charge in [-0.3, -0.25) is 9.35 Å². The largest absolute Gasteiger partial charge is 0.362 e. The zero-order valence-electron chi connectivity index (χ0n) is 13.0. The maximum absolute atomic E-state index is 10.8. The average molecular weight is 319 g/mol. The maximum Gasteiger partial charge on any atom is 0.267 e. The molecule has 0 aromatic carbocycles. The molecule has 8 heteroatoms. The van der Waals surface area contributed by atoms with E-state index < -0.39 is 27.3 Å².